The number of hydrogen-bond donors (Lipinski definition) is 4. The fourth-order valence-electron chi connectivity index (χ4n) is 2.22. The summed E-state index contributed by atoms with van der Waals surface area (Å²) < 4.78 is 9.60. The largest absolute Gasteiger partial charge is 0.367 e. The van der Waals surface area contributed by atoms with Gasteiger partial charge in [0, 0.05) is 39.3 Å². The van der Waals surface area contributed by atoms with Crippen molar-refractivity contribution in [1.29, 1.82) is 0 Å². The highest BCUT2D eigenvalue weighted by atomic mass is 16.7. The first kappa shape index (κ1) is 14.1. The highest BCUT2D eigenvalue weighted by Crippen LogP contribution is 2.10. The van der Waals surface area contributed by atoms with Gasteiger partial charge in [0.15, 0.2) is 25.2 Å². The molecule has 0 radical (unpaired) electrons. The molecule has 4 N–H and O–H groups in total. The number of β-amino-alcohol motifs (C(OH)–C–C–N with tert-alkyl or cyclic N) is 4. The molecule has 0 saturated carbocycles. The van der Waals surface area contributed by atoms with E-state index in [-0.39, 0.29) is 0 Å². The van der Waals surface area contributed by atoms with Gasteiger partial charge in [0.2, 0.25) is 0 Å². The van der Waals surface area contributed by atoms with Gasteiger partial charge < -0.3 is 29.9 Å². The summed E-state index contributed by atoms with van der Waals surface area (Å²) in [6.45, 7) is 2.58. The average Bonchev–Trinajstić information content (AvgIpc) is 2.23. The van der Waals surface area contributed by atoms with Crippen LogP contribution < -0.4 is 0 Å². The molecule has 2 aliphatic rings. The van der Waals surface area contributed by atoms with Crippen LogP contribution in [-0.2, 0) is 9.47 Å². The van der Waals surface area contributed by atoms with Crippen molar-refractivity contribution in [2.24, 2.45) is 0 Å². The van der Waals surface area contributed by atoms with Gasteiger partial charge in [-0.2, -0.15) is 0 Å². The summed E-state index contributed by atoms with van der Waals surface area (Å²) in [7, 11) is 0. The smallest absolute Gasteiger partial charge is 0.170 e. The summed E-state index contributed by atoms with van der Waals surface area (Å²) in [4.78, 5) is 3.74. The zero-order valence-electron chi connectivity index (χ0n) is 10.1. The molecule has 2 fully saturated rings. The van der Waals surface area contributed by atoms with Crippen LogP contribution in [-0.4, -0.2) is 94.7 Å². The normalized spacial score (nSPS) is 40.0. The molecular weight excluding hydrogens is 244 g/mol. The monoisotopic (exact) mass is 264 g/mol. The van der Waals surface area contributed by atoms with Gasteiger partial charge >= 0.3 is 0 Å². The van der Waals surface area contributed by atoms with E-state index in [1.807, 2.05) is 9.80 Å². The van der Waals surface area contributed by atoms with E-state index in [0.29, 0.717) is 39.3 Å². The Morgan fingerprint density at radius 2 is 0.944 bits per heavy atom. The van der Waals surface area contributed by atoms with Gasteiger partial charge in [0.1, 0.15) is 0 Å². The van der Waals surface area contributed by atoms with Crippen molar-refractivity contribution in [2.45, 2.75) is 25.2 Å². The van der Waals surface area contributed by atoms with Crippen LogP contribution in [0.25, 0.3) is 0 Å². The molecule has 4 atom stereocenters. The molecule has 0 aromatic heterocycles. The first-order valence-corrected chi connectivity index (χ1v) is 6.01. The second-order valence-corrected chi connectivity index (χ2v) is 4.61. The Morgan fingerprint density at radius 3 is 1.22 bits per heavy atom. The Balaban J connectivity index is 1.73. The first-order valence-electron chi connectivity index (χ1n) is 6.01. The third-order valence-electron chi connectivity index (χ3n) is 3.02. The summed E-state index contributed by atoms with van der Waals surface area (Å²) in [6, 6.07) is 0. The Morgan fingerprint density at radius 1 is 0.667 bits per heavy atom. The molecule has 8 nitrogen and oxygen atoms in total. The molecule has 2 aliphatic heterocycles. The second-order valence-electron chi connectivity index (χ2n) is 4.61. The maximum atomic E-state index is 9.33. The molecule has 0 aromatic carbocycles. The maximum absolute atomic E-state index is 9.33. The van der Waals surface area contributed by atoms with Crippen LogP contribution in [0.15, 0.2) is 0 Å². The molecule has 2 saturated heterocycles. The lowest BCUT2D eigenvalue weighted by Crippen LogP contribution is -2.52. The Bertz CT molecular complexity index is 223. The summed E-state index contributed by atoms with van der Waals surface area (Å²) in [5, 5.41) is 37.3. The lowest BCUT2D eigenvalue weighted by atomic mass is 10.3. The van der Waals surface area contributed by atoms with E-state index in [2.05, 4.69) is 0 Å². The van der Waals surface area contributed by atoms with Gasteiger partial charge in [-0.3, -0.25) is 9.80 Å². The molecule has 0 bridgehead atoms. The fourth-order valence-corrected chi connectivity index (χ4v) is 2.22. The lowest BCUT2D eigenvalue weighted by molar-refractivity contribution is -0.255. The van der Waals surface area contributed by atoms with E-state index in [0.717, 1.165) is 0 Å². The van der Waals surface area contributed by atoms with Crippen molar-refractivity contribution in [3.8, 4) is 0 Å². The van der Waals surface area contributed by atoms with Gasteiger partial charge in [0.25, 0.3) is 0 Å². The third-order valence-corrected chi connectivity index (χ3v) is 3.02. The average molecular weight is 264 g/mol. The Kier molecular flexibility index (Phi) is 4.87. The maximum Gasteiger partial charge on any atom is 0.170 e. The van der Waals surface area contributed by atoms with Crippen LogP contribution >= 0.6 is 0 Å². The molecule has 2 heterocycles. The van der Waals surface area contributed by atoms with Crippen LogP contribution in [0.2, 0.25) is 0 Å². The molecule has 106 valence electrons. The summed E-state index contributed by atoms with van der Waals surface area (Å²) in [5.41, 5.74) is 0. The van der Waals surface area contributed by atoms with Crippen molar-refractivity contribution in [2.75, 3.05) is 39.3 Å². The highest BCUT2D eigenvalue weighted by molar-refractivity contribution is 4.72. The standard InChI is InChI=1S/C10H20N2O6/c13-7-3-11(4-8(14)17-7)1-2-12-5-9(15)18-10(16)6-12/h7-10,13-16H,1-6H2. The lowest BCUT2D eigenvalue weighted by Gasteiger charge is -2.37. The molecule has 0 aromatic rings. The van der Waals surface area contributed by atoms with E-state index in [9.17, 15) is 20.4 Å². The predicted molar refractivity (Wildman–Crippen MR) is 59.1 cm³/mol. The number of morpholine rings is 2. The zero-order valence-corrected chi connectivity index (χ0v) is 10.1. The molecule has 0 amide bonds. The van der Waals surface area contributed by atoms with E-state index in [1.54, 1.807) is 0 Å². The zero-order chi connectivity index (χ0) is 13.1. The SMILES string of the molecule is OC1CN(CCN2CC(O)OC(O)C2)CC(O)O1. The van der Waals surface area contributed by atoms with Gasteiger partial charge in [-0.1, -0.05) is 0 Å². The summed E-state index contributed by atoms with van der Waals surface area (Å²) in [6.07, 6.45) is -3.91. The number of aliphatic hydroxyl groups excluding tert-OH is 4. The van der Waals surface area contributed by atoms with Crippen molar-refractivity contribution in [3.05, 3.63) is 0 Å². The molecule has 18 heavy (non-hydrogen) atoms. The van der Waals surface area contributed by atoms with Crippen LogP contribution in [0.1, 0.15) is 0 Å². The number of hydrogen-bond acceptors (Lipinski definition) is 8. The molecule has 2 rings (SSSR count). The summed E-state index contributed by atoms with van der Waals surface area (Å²) in [5.74, 6) is 0. The molecule has 8 heteroatoms. The minimum Gasteiger partial charge on any atom is -0.367 e. The Labute approximate surface area is 105 Å². The van der Waals surface area contributed by atoms with Gasteiger partial charge in [0.05, 0.1) is 0 Å². The van der Waals surface area contributed by atoms with E-state index in [4.69, 9.17) is 9.47 Å². The van der Waals surface area contributed by atoms with Gasteiger partial charge in [-0.05, 0) is 0 Å². The number of aliphatic hydroxyl groups is 4. The number of rotatable bonds is 3. The van der Waals surface area contributed by atoms with E-state index in [1.165, 1.54) is 0 Å². The quantitative estimate of drug-likeness (QED) is 0.425. The van der Waals surface area contributed by atoms with E-state index < -0.39 is 25.2 Å². The second kappa shape index (κ2) is 6.22. The highest BCUT2D eigenvalue weighted by Gasteiger charge is 2.27. The molecule has 0 aliphatic carbocycles. The first-order chi connectivity index (χ1) is 8.52. The topological polar surface area (TPSA) is 106 Å². The van der Waals surface area contributed by atoms with Crippen LogP contribution in [0.5, 0.6) is 0 Å². The van der Waals surface area contributed by atoms with Crippen molar-refractivity contribution in [3.63, 3.8) is 0 Å². The molecular formula is C10H20N2O6. The third kappa shape index (κ3) is 4.11. The van der Waals surface area contributed by atoms with Crippen molar-refractivity contribution in [1.82, 2.24) is 9.80 Å². The Hall–Kier alpha value is -0.320. The minimum absolute atomic E-state index is 0.340. The molecule has 0 spiro atoms. The molecule has 4 unspecified atom stereocenters. The van der Waals surface area contributed by atoms with Gasteiger partial charge in [-0.25, -0.2) is 0 Å². The van der Waals surface area contributed by atoms with Crippen LogP contribution in [0.4, 0.5) is 0 Å². The number of ether oxygens (including phenoxy) is 2. The van der Waals surface area contributed by atoms with E-state index >= 15 is 0 Å². The van der Waals surface area contributed by atoms with Crippen molar-refractivity contribution < 1.29 is 29.9 Å². The fraction of sp³-hybridized carbons (Fsp3) is 1.00. The predicted octanol–water partition coefficient (Wildman–Crippen LogP) is -3.08. The van der Waals surface area contributed by atoms with Gasteiger partial charge in [-0.15, -0.1) is 0 Å². The van der Waals surface area contributed by atoms with Crippen molar-refractivity contribution >= 4 is 0 Å². The van der Waals surface area contributed by atoms with Crippen LogP contribution in [0.3, 0.4) is 0 Å². The number of nitrogens with zero attached hydrogens (tertiary/aromatic N) is 2. The van der Waals surface area contributed by atoms with Crippen LogP contribution in [0, 0.1) is 0 Å². The summed E-state index contributed by atoms with van der Waals surface area (Å²) >= 11 is 0. The minimum atomic E-state index is -0.977.